The van der Waals surface area contributed by atoms with E-state index in [-0.39, 0.29) is 11.8 Å². The molecule has 0 radical (unpaired) electrons. The van der Waals surface area contributed by atoms with Crippen LogP contribution in [-0.4, -0.2) is 35.2 Å². The average Bonchev–Trinajstić information content (AvgIpc) is 1.98. The van der Waals surface area contributed by atoms with E-state index in [0.29, 0.717) is 12.3 Å². The van der Waals surface area contributed by atoms with Crippen molar-refractivity contribution in [3.63, 3.8) is 0 Å². The summed E-state index contributed by atoms with van der Waals surface area (Å²) in [5, 5.41) is 12.6. The molecule has 1 atom stereocenters. The number of nitrogens with one attached hydrogen (secondary N) is 1. The summed E-state index contributed by atoms with van der Waals surface area (Å²) in [6.45, 7) is 2.12. The van der Waals surface area contributed by atoms with Gasteiger partial charge in [0, 0.05) is 18.2 Å². The van der Waals surface area contributed by atoms with Gasteiger partial charge in [-0.3, -0.25) is 4.79 Å². The highest BCUT2D eigenvalue weighted by molar-refractivity contribution is 7.98. The first-order valence-electron chi connectivity index (χ1n) is 5.04. The Morgan fingerprint density at radius 1 is 1.64 bits per heavy atom. The van der Waals surface area contributed by atoms with Crippen LogP contribution in [0.15, 0.2) is 0 Å². The predicted octanol–water partition coefficient (Wildman–Crippen LogP) is 1.02. The third kappa shape index (κ3) is 3.50. The second-order valence-corrected chi connectivity index (χ2v) is 5.14. The molecule has 14 heavy (non-hydrogen) atoms. The Hall–Kier alpha value is -0.220. The average molecular weight is 217 g/mol. The fraction of sp³-hybridized carbons (Fsp3) is 0.900. The number of carbonyl (C=O) groups excluding carboxylic acids is 1. The highest BCUT2D eigenvalue weighted by Gasteiger charge is 2.27. The molecular weight excluding hydrogens is 198 g/mol. The van der Waals surface area contributed by atoms with E-state index in [9.17, 15) is 9.90 Å². The van der Waals surface area contributed by atoms with Crippen molar-refractivity contribution in [1.29, 1.82) is 0 Å². The molecule has 1 aliphatic rings. The Morgan fingerprint density at radius 3 is 2.71 bits per heavy atom. The lowest BCUT2D eigenvalue weighted by molar-refractivity contribution is -0.128. The quantitative estimate of drug-likeness (QED) is 0.723. The maximum atomic E-state index is 11.4. The van der Waals surface area contributed by atoms with Crippen LogP contribution in [0.4, 0.5) is 0 Å². The molecular formula is C10H19NO2S. The van der Waals surface area contributed by atoms with E-state index in [1.807, 2.05) is 6.26 Å². The molecule has 82 valence electrons. The van der Waals surface area contributed by atoms with Crippen LogP contribution in [-0.2, 0) is 4.79 Å². The molecule has 1 aliphatic carbocycles. The van der Waals surface area contributed by atoms with E-state index in [2.05, 4.69) is 5.32 Å². The van der Waals surface area contributed by atoms with Crippen molar-refractivity contribution in [3.05, 3.63) is 0 Å². The Kier molecular flexibility index (Phi) is 4.26. The molecule has 0 bridgehead atoms. The van der Waals surface area contributed by atoms with Gasteiger partial charge in [-0.15, -0.1) is 0 Å². The second kappa shape index (κ2) is 5.03. The molecule has 1 amide bonds. The van der Waals surface area contributed by atoms with Crippen LogP contribution in [0.1, 0.15) is 26.2 Å². The summed E-state index contributed by atoms with van der Waals surface area (Å²) in [7, 11) is 0. The number of carbonyl (C=O) groups is 1. The number of aliphatic hydroxyl groups is 1. The number of rotatable bonds is 5. The van der Waals surface area contributed by atoms with Crippen molar-refractivity contribution in [1.82, 2.24) is 5.32 Å². The van der Waals surface area contributed by atoms with E-state index < -0.39 is 5.60 Å². The van der Waals surface area contributed by atoms with E-state index in [4.69, 9.17) is 0 Å². The molecule has 2 N–H and O–H groups in total. The van der Waals surface area contributed by atoms with Crippen molar-refractivity contribution in [2.24, 2.45) is 5.92 Å². The van der Waals surface area contributed by atoms with Crippen molar-refractivity contribution >= 4 is 17.7 Å². The summed E-state index contributed by atoms with van der Waals surface area (Å²) in [6, 6.07) is 0. The van der Waals surface area contributed by atoms with Gasteiger partial charge in [-0.25, -0.2) is 0 Å². The van der Waals surface area contributed by atoms with Gasteiger partial charge < -0.3 is 10.4 Å². The van der Waals surface area contributed by atoms with Crippen molar-refractivity contribution in [2.75, 3.05) is 18.6 Å². The van der Waals surface area contributed by atoms with E-state index >= 15 is 0 Å². The zero-order valence-electron chi connectivity index (χ0n) is 8.88. The summed E-state index contributed by atoms with van der Waals surface area (Å²) in [5.74, 6) is 0.968. The Labute approximate surface area is 89.6 Å². The molecule has 4 heteroatoms. The summed E-state index contributed by atoms with van der Waals surface area (Å²) < 4.78 is 0. The molecule has 3 nitrogen and oxygen atoms in total. The molecule has 0 aliphatic heterocycles. The van der Waals surface area contributed by atoms with Crippen molar-refractivity contribution in [3.8, 4) is 0 Å². The van der Waals surface area contributed by atoms with Gasteiger partial charge in [-0.1, -0.05) is 6.42 Å². The third-order valence-corrected chi connectivity index (χ3v) is 3.49. The first-order chi connectivity index (χ1) is 6.55. The first kappa shape index (κ1) is 11.9. The molecule has 1 saturated carbocycles. The summed E-state index contributed by atoms with van der Waals surface area (Å²) in [5.41, 5.74) is -0.779. The van der Waals surface area contributed by atoms with E-state index in [1.54, 1.807) is 18.7 Å². The van der Waals surface area contributed by atoms with Crippen LogP contribution >= 0.6 is 11.8 Å². The van der Waals surface area contributed by atoms with Gasteiger partial charge in [-0.2, -0.15) is 11.8 Å². The number of hydrogen-bond donors (Lipinski definition) is 2. The minimum atomic E-state index is -0.779. The number of thioether (sulfide) groups is 1. The Bertz CT molecular complexity index is 202. The molecule has 0 unspecified atom stereocenters. The van der Waals surface area contributed by atoms with Crippen LogP contribution in [0.2, 0.25) is 0 Å². The topological polar surface area (TPSA) is 49.3 Å². The number of hydrogen-bond acceptors (Lipinski definition) is 3. The maximum absolute atomic E-state index is 11.4. The second-order valence-electron chi connectivity index (χ2n) is 4.28. The highest BCUT2D eigenvalue weighted by atomic mass is 32.2. The minimum absolute atomic E-state index is 0.109. The van der Waals surface area contributed by atoms with Crippen LogP contribution < -0.4 is 5.32 Å². The lowest BCUT2D eigenvalue weighted by atomic mass is 9.85. The summed E-state index contributed by atoms with van der Waals surface area (Å²) in [4.78, 5) is 11.4. The largest absolute Gasteiger partial charge is 0.387 e. The van der Waals surface area contributed by atoms with Crippen LogP contribution in [0.3, 0.4) is 0 Å². The fourth-order valence-corrected chi connectivity index (χ4v) is 2.18. The Morgan fingerprint density at radius 2 is 2.29 bits per heavy atom. The molecule has 0 aromatic heterocycles. The highest BCUT2D eigenvalue weighted by Crippen LogP contribution is 2.26. The zero-order valence-corrected chi connectivity index (χ0v) is 9.69. The molecule has 0 spiro atoms. The fourth-order valence-electron chi connectivity index (χ4n) is 1.45. The standard InChI is InChI=1S/C10H19NO2S/c1-10(13,7-14-2)6-11-9(12)8-4-3-5-8/h8,13H,3-7H2,1-2H3,(H,11,12)/t10-/m0/s1. The molecule has 0 saturated heterocycles. The van der Waals surface area contributed by atoms with Gasteiger partial charge in [-0.05, 0) is 26.0 Å². The number of amides is 1. The molecule has 0 aromatic carbocycles. The van der Waals surface area contributed by atoms with Crippen LogP contribution in [0.5, 0.6) is 0 Å². The molecule has 0 aromatic rings. The zero-order chi connectivity index (χ0) is 10.6. The Balaban J connectivity index is 2.21. The molecule has 0 heterocycles. The molecule has 1 rings (SSSR count). The van der Waals surface area contributed by atoms with Gasteiger partial charge in [0.1, 0.15) is 0 Å². The predicted molar refractivity (Wildman–Crippen MR) is 59.4 cm³/mol. The van der Waals surface area contributed by atoms with Gasteiger partial charge >= 0.3 is 0 Å². The van der Waals surface area contributed by atoms with E-state index in [1.165, 1.54) is 6.42 Å². The maximum Gasteiger partial charge on any atom is 0.223 e. The van der Waals surface area contributed by atoms with Gasteiger partial charge in [0.15, 0.2) is 0 Å². The van der Waals surface area contributed by atoms with Gasteiger partial charge in [0.05, 0.1) is 5.60 Å². The lowest BCUT2D eigenvalue weighted by Crippen LogP contribution is -2.45. The van der Waals surface area contributed by atoms with Crippen LogP contribution in [0.25, 0.3) is 0 Å². The minimum Gasteiger partial charge on any atom is -0.387 e. The normalized spacial score (nSPS) is 21.1. The van der Waals surface area contributed by atoms with Crippen LogP contribution in [0, 0.1) is 5.92 Å². The van der Waals surface area contributed by atoms with E-state index in [0.717, 1.165) is 12.8 Å². The SMILES string of the molecule is CSC[C@@](C)(O)CNC(=O)C1CCC1. The first-order valence-corrected chi connectivity index (χ1v) is 6.43. The summed E-state index contributed by atoms with van der Waals surface area (Å²) >= 11 is 1.59. The third-order valence-electron chi connectivity index (χ3n) is 2.57. The van der Waals surface area contributed by atoms with Gasteiger partial charge in [0.2, 0.25) is 5.91 Å². The summed E-state index contributed by atoms with van der Waals surface area (Å²) in [6.07, 6.45) is 5.13. The molecule has 1 fully saturated rings. The van der Waals surface area contributed by atoms with Gasteiger partial charge in [0.25, 0.3) is 0 Å². The lowest BCUT2D eigenvalue weighted by Gasteiger charge is -2.27. The smallest absolute Gasteiger partial charge is 0.223 e. The van der Waals surface area contributed by atoms with Crippen molar-refractivity contribution in [2.45, 2.75) is 31.8 Å². The van der Waals surface area contributed by atoms with Crippen molar-refractivity contribution < 1.29 is 9.90 Å². The monoisotopic (exact) mass is 217 g/mol.